The summed E-state index contributed by atoms with van der Waals surface area (Å²) in [7, 11) is 0. The maximum Gasteiger partial charge on any atom is 0.129 e. The minimum atomic E-state index is 0.757. The lowest BCUT2D eigenvalue weighted by atomic mass is 10.1. The maximum absolute atomic E-state index is 4.44. The highest BCUT2D eigenvalue weighted by molar-refractivity contribution is 7.84. The van der Waals surface area contributed by atoms with E-state index in [1.165, 1.54) is 18.4 Å². The van der Waals surface area contributed by atoms with E-state index in [1.807, 2.05) is 18.3 Å². The summed E-state index contributed by atoms with van der Waals surface area (Å²) >= 11 is 4.13. The van der Waals surface area contributed by atoms with Crippen LogP contribution in [0, 0.1) is 0 Å². The minimum absolute atomic E-state index is 0.757. The van der Waals surface area contributed by atoms with Crippen molar-refractivity contribution in [2.75, 3.05) is 11.9 Å². The van der Waals surface area contributed by atoms with Crippen LogP contribution in [0.25, 0.3) is 6.08 Å². The molecular formula is C13H16N2S. The summed E-state index contributed by atoms with van der Waals surface area (Å²) in [5, 5.41) is 3.35. The van der Waals surface area contributed by atoms with E-state index in [2.05, 4.69) is 35.6 Å². The molecule has 0 unspecified atom stereocenters. The summed E-state index contributed by atoms with van der Waals surface area (Å²) in [5.74, 6) is 1.04. The van der Waals surface area contributed by atoms with Gasteiger partial charge in [0, 0.05) is 12.7 Å². The Bertz CT molecular complexity index is 424. The van der Waals surface area contributed by atoms with E-state index in [0.717, 1.165) is 29.3 Å². The van der Waals surface area contributed by atoms with Gasteiger partial charge >= 0.3 is 0 Å². The molecule has 1 aliphatic rings. The molecule has 1 N–H and O–H groups in total. The molecule has 3 heteroatoms. The van der Waals surface area contributed by atoms with Gasteiger partial charge in [0.2, 0.25) is 0 Å². The number of nitrogens with one attached hydrogen (secondary N) is 1. The molecule has 0 fully saturated rings. The van der Waals surface area contributed by atoms with Crippen LogP contribution in [0.1, 0.15) is 24.0 Å². The number of allylic oxidation sites excluding steroid dienone is 1. The van der Waals surface area contributed by atoms with Crippen molar-refractivity contribution in [2.24, 2.45) is 0 Å². The Kier molecular flexibility index (Phi) is 3.67. The third kappa shape index (κ3) is 2.89. The lowest BCUT2D eigenvalue weighted by Gasteiger charge is -2.06. The SMILES string of the molecule is C=C(S)/C=C/c1cnc2c(c1)CCCCN2. The first kappa shape index (κ1) is 11.3. The van der Waals surface area contributed by atoms with E-state index >= 15 is 0 Å². The summed E-state index contributed by atoms with van der Waals surface area (Å²) in [4.78, 5) is 5.20. The predicted octanol–water partition coefficient (Wildman–Crippen LogP) is 3.29. The molecule has 0 radical (unpaired) electrons. The monoisotopic (exact) mass is 232 g/mol. The van der Waals surface area contributed by atoms with Gasteiger partial charge < -0.3 is 5.32 Å². The summed E-state index contributed by atoms with van der Waals surface area (Å²) in [6, 6.07) is 2.19. The molecule has 0 saturated heterocycles. The van der Waals surface area contributed by atoms with Crippen molar-refractivity contribution >= 4 is 24.5 Å². The molecule has 2 nitrogen and oxygen atoms in total. The molecule has 0 aromatic carbocycles. The van der Waals surface area contributed by atoms with Crippen LogP contribution in [0.15, 0.2) is 29.8 Å². The Labute approximate surface area is 102 Å². The Balaban J connectivity index is 2.24. The summed E-state index contributed by atoms with van der Waals surface area (Å²) in [5.41, 5.74) is 2.42. The molecular weight excluding hydrogens is 216 g/mol. The first-order chi connectivity index (χ1) is 7.75. The number of aromatic nitrogens is 1. The fraction of sp³-hybridized carbons (Fsp3) is 0.308. The molecule has 1 aromatic heterocycles. The lowest BCUT2D eigenvalue weighted by molar-refractivity contribution is 0.785. The van der Waals surface area contributed by atoms with Gasteiger partial charge in [-0.15, -0.1) is 12.6 Å². The van der Waals surface area contributed by atoms with Crippen LogP contribution >= 0.6 is 12.6 Å². The Morgan fingerprint density at radius 1 is 1.50 bits per heavy atom. The van der Waals surface area contributed by atoms with Crippen LogP contribution in [-0.4, -0.2) is 11.5 Å². The van der Waals surface area contributed by atoms with Gasteiger partial charge in [-0.25, -0.2) is 4.98 Å². The van der Waals surface area contributed by atoms with Crippen LogP contribution in [0.2, 0.25) is 0 Å². The predicted molar refractivity (Wildman–Crippen MR) is 72.8 cm³/mol. The van der Waals surface area contributed by atoms with Crippen molar-refractivity contribution in [3.8, 4) is 0 Å². The Hall–Kier alpha value is -1.22. The zero-order valence-electron chi connectivity index (χ0n) is 9.24. The quantitative estimate of drug-likeness (QED) is 0.604. The maximum atomic E-state index is 4.44. The molecule has 84 valence electrons. The van der Waals surface area contributed by atoms with E-state index in [-0.39, 0.29) is 0 Å². The molecule has 0 spiro atoms. The van der Waals surface area contributed by atoms with Gasteiger partial charge in [-0.2, -0.15) is 0 Å². The van der Waals surface area contributed by atoms with Crippen molar-refractivity contribution in [1.82, 2.24) is 4.98 Å². The number of hydrogen-bond acceptors (Lipinski definition) is 3. The number of fused-ring (bicyclic) bond motifs is 1. The van der Waals surface area contributed by atoms with Crippen LogP contribution < -0.4 is 5.32 Å². The molecule has 0 amide bonds. The molecule has 0 atom stereocenters. The van der Waals surface area contributed by atoms with Gasteiger partial charge in [0.15, 0.2) is 0 Å². The minimum Gasteiger partial charge on any atom is -0.370 e. The van der Waals surface area contributed by atoms with Crippen LogP contribution in [0.3, 0.4) is 0 Å². The van der Waals surface area contributed by atoms with Crippen molar-refractivity contribution in [3.63, 3.8) is 0 Å². The smallest absolute Gasteiger partial charge is 0.129 e. The first-order valence-electron chi connectivity index (χ1n) is 5.54. The molecule has 2 rings (SSSR count). The summed E-state index contributed by atoms with van der Waals surface area (Å²) in [6.07, 6.45) is 9.32. The highest BCUT2D eigenvalue weighted by Gasteiger charge is 2.07. The molecule has 1 aromatic rings. The van der Waals surface area contributed by atoms with Crippen molar-refractivity contribution in [2.45, 2.75) is 19.3 Å². The van der Waals surface area contributed by atoms with Gasteiger partial charge in [-0.1, -0.05) is 12.7 Å². The van der Waals surface area contributed by atoms with Crippen LogP contribution in [-0.2, 0) is 6.42 Å². The van der Waals surface area contributed by atoms with E-state index in [4.69, 9.17) is 0 Å². The topological polar surface area (TPSA) is 24.9 Å². The second kappa shape index (κ2) is 5.21. The van der Waals surface area contributed by atoms with E-state index in [0.29, 0.717) is 0 Å². The van der Waals surface area contributed by atoms with Gasteiger partial charge in [-0.3, -0.25) is 0 Å². The van der Waals surface area contributed by atoms with Gasteiger partial charge in [0.1, 0.15) is 5.82 Å². The summed E-state index contributed by atoms with van der Waals surface area (Å²) in [6.45, 7) is 4.75. The zero-order chi connectivity index (χ0) is 11.4. The third-order valence-electron chi connectivity index (χ3n) is 2.62. The average molecular weight is 232 g/mol. The molecule has 1 aliphatic heterocycles. The highest BCUT2D eigenvalue weighted by atomic mass is 32.1. The molecule has 0 saturated carbocycles. The average Bonchev–Trinajstić information content (AvgIpc) is 2.50. The molecule has 0 bridgehead atoms. The second-order valence-corrected chi connectivity index (χ2v) is 4.56. The standard InChI is InChI=1S/C13H16N2S/c1-10(16)5-6-11-8-12-4-2-3-7-14-13(12)15-9-11/h5-6,8-9,16H,1-4,7H2,(H,14,15)/b6-5+. The van der Waals surface area contributed by atoms with Gasteiger partial charge in [0.25, 0.3) is 0 Å². The largest absolute Gasteiger partial charge is 0.370 e. The number of aryl methyl sites for hydroxylation is 1. The van der Waals surface area contributed by atoms with Crippen molar-refractivity contribution in [1.29, 1.82) is 0 Å². The fourth-order valence-corrected chi connectivity index (χ4v) is 1.88. The zero-order valence-corrected chi connectivity index (χ0v) is 10.1. The number of hydrogen-bond donors (Lipinski definition) is 2. The van der Waals surface area contributed by atoms with Gasteiger partial charge in [0.05, 0.1) is 0 Å². The molecule has 2 heterocycles. The van der Waals surface area contributed by atoms with Crippen LogP contribution in [0.5, 0.6) is 0 Å². The van der Waals surface area contributed by atoms with E-state index < -0.39 is 0 Å². The first-order valence-corrected chi connectivity index (χ1v) is 5.99. The molecule has 16 heavy (non-hydrogen) atoms. The lowest BCUT2D eigenvalue weighted by Crippen LogP contribution is -2.01. The highest BCUT2D eigenvalue weighted by Crippen LogP contribution is 2.20. The Morgan fingerprint density at radius 2 is 2.38 bits per heavy atom. The molecule has 0 aliphatic carbocycles. The number of rotatable bonds is 2. The number of thiol groups is 1. The number of anilines is 1. The fourth-order valence-electron chi connectivity index (χ4n) is 1.81. The number of pyridine rings is 1. The van der Waals surface area contributed by atoms with Crippen LogP contribution in [0.4, 0.5) is 5.82 Å². The van der Waals surface area contributed by atoms with Gasteiger partial charge in [-0.05, 0) is 47.4 Å². The van der Waals surface area contributed by atoms with E-state index in [9.17, 15) is 0 Å². The Morgan fingerprint density at radius 3 is 3.19 bits per heavy atom. The van der Waals surface area contributed by atoms with Crippen molar-refractivity contribution < 1.29 is 0 Å². The van der Waals surface area contributed by atoms with E-state index in [1.54, 1.807) is 0 Å². The normalized spacial score (nSPS) is 15.3. The van der Waals surface area contributed by atoms with Crippen molar-refractivity contribution in [3.05, 3.63) is 41.0 Å². The summed E-state index contributed by atoms with van der Waals surface area (Å²) < 4.78 is 0. The third-order valence-corrected chi connectivity index (χ3v) is 2.77. The second-order valence-electron chi connectivity index (χ2n) is 3.98. The number of nitrogens with zero attached hydrogens (tertiary/aromatic N) is 1.